The fourth-order valence-corrected chi connectivity index (χ4v) is 2.42. The highest BCUT2D eigenvalue weighted by Gasteiger charge is 2.06. The van der Waals surface area contributed by atoms with Gasteiger partial charge in [-0.1, -0.05) is 87.0 Å². The first kappa shape index (κ1) is 13.6. The molecular weight excluding hydrogens is 228 g/mol. The van der Waals surface area contributed by atoms with Crippen molar-refractivity contribution in [3.63, 3.8) is 0 Å². The zero-order chi connectivity index (χ0) is 13.5. The standard InChI is InChI=1S/C19H22/c1-3-10-16(2)15-19(17-11-6-4-7-12-17)18-13-8-5-9-14-18/h4-9,11-16H,3,10H2,1-2H3. The van der Waals surface area contributed by atoms with Crippen LogP contribution in [0.2, 0.25) is 0 Å². The summed E-state index contributed by atoms with van der Waals surface area (Å²) in [5.41, 5.74) is 3.95. The van der Waals surface area contributed by atoms with E-state index in [-0.39, 0.29) is 0 Å². The lowest BCUT2D eigenvalue weighted by molar-refractivity contribution is 0.635. The Morgan fingerprint density at radius 2 is 1.37 bits per heavy atom. The van der Waals surface area contributed by atoms with Crippen molar-refractivity contribution in [2.24, 2.45) is 5.92 Å². The minimum atomic E-state index is 0.611. The maximum Gasteiger partial charge on any atom is -0.0149 e. The van der Waals surface area contributed by atoms with Crippen LogP contribution >= 0.6 is 0 Å². The van der Waals surface area contributed by atoms with E-state index in [0.29, 0.717) is 5.92 Å². The first-order chi connectivity index (χ1) is 9.31. The second kappa shape index (κ2) is 6.94. The number of hydrogen-bond donors (Lipinski definition) is 0. The minimum Gasteiger partial charge on any atom is -0.0732 e. The van der Waals surface area contributed by atoms with Crippen molar-refractivity contribution in [1.82, 2.24) is 0 Å². The summed E-state index contributed by atoms with van der Waals surface area (Å²) in [4.78, 5) is 0. The fourth-order valence-electron chi connectivity index (χ4n) is 2.42. The Morgan fingerprint density at radius 3 is 1.79 bits per heavy atom. The Bertz CT molecular complexity index is 467. The molecule has 0 heteroatoms. The average Bonchev–Trinajstić information content (AvgIpc) is 2.47. The van der Waals surface area contributed by atoms with Gasteiger partial charge in [0.2, 0.25) is 0 Å². The molecule has 98 valence electrons. The third-order valence-corrected chi connectivity index (χ3v) is 3.36. The van der Waals surface area contributed by atoms with Gasteiger partial charge in [0, 0.05) is 0 Å². The Hall–Kier alpha value is -1.82. The number of benzene rings is 2. The molecule has 0 amide bonds. The molecule has 2 aromatic carbocycles. The van der Waals surface area contributed by atoms with Crippen molar-refractivity contribution < 1.29 is 0 Å². The molecule has 0 radical (unpaired) electrons. The summed E-state index contributed by atoms with van der Waals surface area (Å²) in [5, 5.41) is 0. The normalized spacial score (nSPS) is 11.9. The molecule has 1 unspecified atom stereocenters. The molecule has 0 fully saturated rings. The predicted octanol–water partition coefficient (Wildman–Crippen LogP) is 5.55. The van der Waals surface area contributed by atoms with Crippen molar-refractivity contribution in [2.75, 3.05) is 0 Å². The van der Waals surface area contributed by atoms with Crippen molar-refractivity contribution in [1.29, 1.82) is 0 Å². The van der Waals surface area contributed by atoms with Crippen LogP contribution in [0.5, 0.6) is 0 Å². The Balaban J connectivity index is 2.40. The average molecular weight is 250 g/mol. The zero-order valence-corrected chi connectivity index (χ0v) is 11.8. The molecule has 0 nitrogen and oxygen atoms in total. The molecular formula is C19H22. The molecule has 0 bridgehead atoms. The van der Waals surface area contributed by atoms with Crippen LogP contribution in [0.15, 0.2) is 66.7 Å². The second-order valence-electron chi connectivity index (χ2n) is 5.08. The van der Waals surface area contributed by atoms with E-state index in [9.17, 15) is 0 Å². The summed E-state index contributed by atoms with van der Waals surface area (Å²) in [6.45, 7) is 4.55. The monoisotopic (exact) mass is 250 g/mol. The van der Waals surface area contributed by atoms with Gasteiger partial charge in [-0.25, -0.2) is 0 Å². The number of rotatable bonds is 5. The number of hydrogen-bond acceptors (Lipinski definition) is 0. The first-order valence-electron chi connectivity index (χ1n) is 7.14. The van der Waals surface area contributed by atoms with E-state index >= 15 is 0 Å². The smallest absolute Gasteiger partial charge is 0.0149 e. The van der Waals surface area contributed by atoms with Gasteiger partial charge in [-0.15, -0.1) is 0 Å². The SMILES string of the molecule is CCCC(C)C=C(c1ccccc1)c1ccccc1. The van der Waals surface area contributed by atoms with Crippen LogP contribution in [0.4, 0.5) is 0 Å². The Morgan fingerprint density at radius 1 is 0.895 bits per heavy atom. The molecule has 0 aliphatic heterocycles. The van der Waals surface area contributed by atoms with Crippen LogP contribution in [-0.4, -0.2) is 0 Å². The molecule has 2 aromatic rings. The zero-order valence-electron chi connectivity index (χ0n) is 11.8. The van der Waals surface area contributed by atoms with Gasteiger partial charge in [-0.05, 0) is 29.0 Å². The topological polar surface area (TPSA) is 0 Å². The molecule has 0 heterocycles. The Labute approximate surface area is 116 Å². The summed E-state index contributed by atoms with van der Waals surface area (Å²) in [6, 6.07) is 21.3. The summed E-state index contributed by atoms with van der Waals surface area (Å²) >= 11 is 0. The van der Waals surface area contributed by atoms with Crippen LogP contribution in [0.25, 0.3) is 5.57 Å². The maximum absolute atomic E-state index is 2.41. The quantitative estimate of drug-likeness (QED) is 0.652. The molecule has 0 N–H and O–H groups in total. The molecule has 0 saturated heterocycles. The molecule has 2 rings (SSSR count). The van der Waals surface area contributed by atoms with E-state index in [1.54, 1.807) is 0 Å². The van der Waals surface area contributed by atoms with E-state index in [1.165, 1.54) is 29.5 Å². The van der Waals surface area contributed by atoms with Gasteiger partial charge in [0.05, 0.1) is 0 Å². The summed E-state index contributed by atoms with van der Waals surface area (Å²) < 4.78 is 0. The highest BCUT2D eigenvalue weighted by molar-refractivity contribution is 5.79. The largest absolute Gasteiger partial charge is 0.0732 e. The van der Waals surface area contributed by atoms with Gasteiger partial charge in [-0.3, -0.25) is 0 Å². The van der Waals surface area contributed by atoms with Crippen LogP contribution in [-0.2, 0) is 0 Å². The summed E-state index contributed by atoms with van der Waals surface area (Å²) in [5.74, 6) is 0.611. The molecule has 0 saturated carbocycles. The van der Waals surface area contributed by atoms with Gasteiger partial charge < -0.3 is 0 Å². The van der Waals surface area contributed by atoms with Crippen LogP contribution in [0.3, 0.4) is 0 Å². The lowest BCUT2D eigenvalue weighted by atomic mass is 9.93. The van der Waals surface area contributed by atoms with Crippen molar-refractivity contribution >= 4 is 5.57 Å². The molecule has 19 heavy (non-hydrogen) atoms. The van der Waals surface area contributed by atoms with E-state index < -0.39 is 0 Å². The first-order valence-corrected chi connectivity index (χ1v) is 7.14. The fraction of sp³-hybridized carbons (Fsp3) is 0.263. The van der Waals surface area contributed by atoms with E-state index in [0.717, 1.165) is 0 Å². The van der Waals surface area contributed by atoms with Crippen LogP contribution in [0.1, 0.15) is 37.8 Å². The van der Waals surface area contributed by atoms with Crippen molar-refractivity contribution in [3.05, 3.63) is 77.9 Å². The van der Waals surface area contributed by atoms with E-state index in [4.69, 9.17) is 0 Å². The van der Waals surface area contributed by atoms with E-state index in [2.05, 4.69) is 80.6 Å². The lowest BCUT2D eigenvalue weighted by Crippen LogP contribution is -1.94. The second-order valence-corrected chi connectivity index (χ2v) is 5.08. The molecule has 0 aliphatic carbocycles. The highest BCUT2D eigenvalue weighted by Crippen LogP contribution is 2.25. The van der Waals surface area contributed by atoms with Crippen molar-refractivity contribution in [2.45, 2.75) is 26.7 Å². The Kier molecular flexibility index (Phi) is 4.97. The van der Waals surface area contributed by atoms with Crippen molar-refractivity contribution in [3.8, 4) is 0 Å². The predicted molar refractivity (Wildman–Crippen MR) is 84.0 cm³/mol. The lowest BCUT2D eigenvalue weighted by Gasteiger charge is -2.12. The molecule has 0 aliphatic rings. The summed E-state index contributed by atoms with van der Waals surface area (Å²) in [6.07, 6.45) is 4.88. The van der Waals surface area contributed by atoms with E-state index in [1.807, 2.05) is 0 Å². The minimum absolute atomic E-state index is 0.611. The van der Waals surface area contributed by atoms with Gasteiger partial charge in [0.15, 0.2) is 0 Å². The van der Waals surface area contributed by atoms with Gasteiger partial charge >= 0.3 is 0 Å². The third kappa shape index (κ3) is 3.82. The van der Waals surface area contributed by atoms with Crippen LogP contribution < -0.4 is 0 Å². The molecule has 0 spiro atoms. The summed E-state index contributed by atoms with van der Waals surface area (Å²) in [7, 11) is 0. The third-order valence-electron chi connectivity index (χ3n) is 3.36. The molecule has 0 aromatic heterocycles. The number of allylic oxidation sites excluding steroid dienone is 1. The molecule has 1 atom stereocenters. The van der Waals surface area contributed by atoms with Gasteiger partial charge in [0.1, 0.15) is 0 Å². The van der Waals surface area contributed by atoms with Crippen LogP contribution in [0, 0.1) is 5.92 Å². The van der Waals surface area contributed by atoms with Gasteiger partial charge in [-0.2, -0.15) is 0 Å². The highest BCUT2D eigenvalue weighted by atomic mass is 14.1. The van der Waals surface area contributed by atoms with Gasteiger partial charge in [0.25, 0.3) is 0 Å². The maximum atomic E-state index is 2.41.